The molecule has 0 amide bonds. The van der Waals surface area contributed by atoms with Crippen LogP contribution in [0.1, 0.15) is 25.8 Å². The molecule has 0 aliphatic carbocycles. The zero-order valence-electron chi connectivity index (χ0n) is 13.3. The average Bonchev–Trinajstić information content (AvgIpc) is 2.49. The number of ether oxygens (including phenoxy) is 1. The first-order chi connectivity index (χ1) is 10.5. The van der Waals surface area contributed by atoms with Gasteiger partial charge in [-0.2, -0.15) is 0 Å². The molecule has 2 aromatic rings. The second kappa shape index (κ2) is 7.27. The summed E-state index contributed by atoms with van der Waals surface area (Å²) in [5, 5.41) is 14.7. The van der Waals surface area contributed by atoms with E-state index in [1.165, 1.54) is 0 Å². The minimum atomic E-state index is -0.812. The van der Waals surface area contributed by atoms with Crippen molar-refractivity contribution in [3.63, 3.8) is 0 Å². The van der Waals surface area contributed by atoms with Crippen LogP contribution >= 0.6 is 0 Å². The lowest BCUT2D eigenvalue weighted by Gasteiger charge is -2.18. The summed E-state index contributed by atoms with van der Waals surface area (Å²) in [4.78, 5) is 11.3. The Morgan fingerprint density at radius 1 is 1.23 bits per heavy atom. The molecule has 0 fully saturated rings. The van der Waals surface area contributed by atoms with E-state index in [-0.39, 0.29) is 0 Å². The Labute approximate surface area is 131 Å². The molecule has 0 aromatic heterocycles. The third-order valence-electron chi connectivity index (χ3n) is 3.69. The van der Waals surface area contributed by atoms with Crippen molar-refractivity contribution in [3.8, 4) is 5.75 Å². The standard InChI is InChI=1S/C18H23NO3/c1-12(2)8-16(18(20)21)19-11-15-9-13-6-4-5-7-14(13)10-17(15)22-3/h4-7,9-10,12,16,19H,8,11H2,1-3H3,(H,20,21)/t16-/m1/s1. The van der Waals surface area contributed by atoms with E-state index >= 15 is 0 Å². The predicted octanol–water partition coefficient (Wildman–Crippen LogP) is 3.44. The van der Waals surface area contributed by atoms with E-state index < -0.39 is 12.0 Å². The van der Waals surface area contributed by atoms with Crippen LogP contribution in [-0.4, -0.2) is 24.2 Å². The van der Waals surface area contributed by atoms with Crippen LogP contribution in [0.2, 0.25) is 0 Å². The normalized spacial score (nSPS) is 12.5. The fourth-order valence-electron chi connectivity index (χ4n) is 2.57. The maximum absolute atomic E-state index is 11.3. The Morgan fingerprint density at radius 2 is 1.86 bits per heavy atom. The zero-order valence-corrected chi connectivity index (χ0v) is 13.3. The summed E-state index contributed by atoms with van der Waals surface area (Å²) >= 11 is 0. The largest absolute Gasteiger partial charge is 0.496 e. The number of aliphatic carboxylic acids is 1. The van der Waals surface area contributed by atoms with Gasteiger partial charge in [-0.25, -0.2) is 0 Å². The molecule has 0 saturated heterocycles. The molecule has 2 aromatic carbocycles. The molecule has 0 spiro atoms. The number of hydrogen-bond donors (Lipinski definition) is 2. The highest BCUT2D eigenvalue weighted by atomic mass is 16.5. The number of nitrogens with one attached hydrogen (secondary N) is 1. The number of fused-ring (bicyclic) bond motifs is 1. The molecule has 2 rings (SSSR count). The molecule has 2 N–H and O–H groups in total. The maximum Gasteiger partial charge on any atom is 0.320 e. The van der Waals surface area contributed by atoms with Crippen LogP contribution in [0.25, 0.3) is 10.8 Å². The first-order valence-electron chi connectivity index (χ1n) is 7.53. The zero-order chi connectivity index (χ0) is 16.1. The van der Waals surface area contributed by atoms with Crippen molar-refractivity contribution in [3.05, 3.63) is 42.0 Å². The van der Waals surface area contributed by atoms with Gasteiger partial charge in [0, 0.05) is 12.1 Å². The smallest absolute Gasteiger partial charge is 0.320 e. The van der Waals surface area contributed by atoms with Gasteiger partial charge in [-0.05, 0) is 35.2 Å². The molecular weight excluding hydrogens is 278 g/mol. The third kappa shape index (κ3) is 3.98. The molecule has 118 valence electrons. The predicted molar refractivity (Wildman–Crippen MR) is 88.2 cm³/mol. The summed E-state index contributed by atoms with van der Waals surface area (Å²) < 4.78 is 5.44. The first kappa shape index (κ1) is 16.3. The van der Waals surface area contributed by atoms with Crippen molar-refractivity contribution >= 4 is 16.7 Å². The highest BCUT2D eigenvalue weighted by Crippen LogP contribution is 2.26. The van der Waals surface area contributed by atoms with Crippen LogP contribution in [0.15, 0.2) is 36.4 Å². The molecule has 0 radical (unpaired) electrons. The lowest BCUT2D eigenvalue weighted by atomic mass is 10.0. The topological polar surface area (TPSA) is 58.6 Å². The van der Waals surface area contributed by atoms with Gasteiger partial charge in [-0.1, -0.05) is 38.1 Å². The summed E-state index contributed by atoms with van der Waals surface area (Å²) in [6, 6.07) is 11.6. The minimum absolute atomic E-state index is 0.326. The molecule has 0 bridgehead atoms. The summed E-state index contributed by atoms with van der Waals surface area (Å²) in [6.45, 7) is 4.51. The molecule has 0 unspecified atom stereocenters. The molecule has 22 heavy (non-hydrogen) atoms. The SMILES string of the molecule is COc1cc2ccccc2cc1CN[C@H](CC(C)C)C(=O)O. The number of benzene rings is 2. The number of hydrogen-bond acceptors (Lipinski definition) is 3. The molecule has 0 saturated carbocycles. The van der Waals surface area contributed by atoms with E-state index in [1.54, 1.807) is 7.11 Å². The van der Waals surface area contributed by atoms with Crippen molar-refractivity contribution in [1.29, 1.82) is 0 Å². The van der Waals surface area contributed by atoms with E-state index in [2.05, 4.69) is 11.4 Å². The highest BCUT2D eigenvalue weighted by Gasteiger charge is 2.18. The summed E-state index contributed by atoms with van der Waals surface area (Å²) in [6.07, 6.45) is 0.602. The second-order valence-electron chi connectivity index (χ2n) is 5.91. The van der Waals surface area contributed by atoms with Crippen LogP contribution in [0.5, 0.6) is 5.75 Å². The fourth-order valence-corrected chi connectivity index (χ4v) is 2.57. The number of carboxylic acid groups (broad SMARTS) is 1. The first-order valence-corrected chi connectivity index (χ1v) is 7.53. The third-order valence-corrected chi connectivity index (χ3v) is 3.69. The van der Waals surface area contributed by atoms with Crippen LogP contribution in [0, 0.1) is 5.92 Å². The number of carbonyl (C=O) groups is 1. The number of methoxy groups -OCH3 is 1. The maximum atomic E-state index is 11.3. The van der Waals surface area contributed by atoms with Gasteiger partial charge in [0.1, 0.15) is 11.8 Å². The Hall–Kier alpha value is -2.07. The van der Waals surface area contributed by atoms with Crippen molar-refractivity contribution in [2.75, 3.05) is 7.11 Å². The molecule has 0 aliphatic rings. The van der Waals surface area contributed by atoms with Crippen molar-refractivity contribution in [2.45, 2.75) is 32.9 Å². The molecule has 1 atom stereocenters. The molecule has 0 aliphatic heterocycles. The van der Waals surface area contributed by atoms with Crippen LogP contribution < -0.4 is 10.1 Å². The lowest BCUT2D eigenvalue weighted by molar-refractivity contribution is -0.140. The number of rotatable bonds is 7. The van der Waals surface area contributed by atoms with Gasteiger partial charge < -0.3 is 15.2 Å². The summed E-state index contributed by atoms with van der Waals surface area (Å²) in [7, 11) is 1.64. The molecule has 4 heteroatoms. The van der Waals surface area contributed by atoms with E-state index in [1.807, 2.05) is 44.2 Å². The summed E-state index contributed by atoms with van der Waals surface area (Å²) in [5.41, 5.74) is 0.969. The van der Waals surface area contributed by atoms with Crippen LogP contribution in [-0.2, 0) is 11.3 Å². The fraction of sp³-hybridized carbons (Fsp3) is 0.389. The highest BCUT2D eigenvalue weighted by molar-refractivity contribution is 5.85. The van der Waals surface area contributed by atoms with Gasteiger partial charge in [0.15, 0.2) is 0 Å². The minimum Gasteiger partial charge on any atom is -0.496 e. The Bertz CT molecular complexity index is 652. The van der Waals surface area contributed by atoms with Gasteiger partial charge >= 0.3 is 5.97 Å². The van der Waals surface area contributed by atoms with Crippen LogP contribution in [0.4, 0.5) is 0 Å². The lowest BCUT2D eigenvalue weighted by Crippen LogP contribution is -2.37. The van der Waals surface area contributed by atoms with Gasteiger partial charge in [0.2, 0.25) is 0 Å². The van der Waals surface area contributed by atoms with Gasteiger partial charge in [0.05, 0.1) is 7.11 Å². The second-order valence-corrected chi connectivity index (χ2v) is 5.91. The Morgan fingerprint density at radius 3 is 2.41 bits per heavy atom. The van der Waals surface area contributed by atoms with E-state index in [9.17, 15) is 9.90 Å². The van der Waals surface area contributed by atoms with Gasteiger partial charge in [-0.3, -0.25) is 4.79 Å². The van der Waals surface area contributed by atoms with Crippen molar-refractivity contribution in [2.24, 2.45) is 5.92 Å². The molecule has 0 heterocycles. The summed E-state index contributed by atoms with van der Waals surface area (Å²) in [5.74, 6) is 0.292. The Balaban J connectivity index is 2.20. The van der Waals surface area contributed by atoms with Crippen molar-refractivity contribution < 1.29 is 14.6 Å². The quantitative estimate of drug-likeness (QED) is 0.822. The monoisotopic (exact) mass is 301 g/mol. The van der Waals surface area contributed by atoms with E-state index in [0.717, 1.165) is 22.1 Å². The average molecular weight is 301 g/mol. The van der Waals surface area contributed by atoms with E-state index in [0.29, 0.717) is 18.9 Å². The molecular formula is C18H23NO3. The van der Waals surface area contributed by atoms with Crippen molar-refractivity contribution in [1.82, 2.24) is 5.32 Å². The molecule has 4 nitrogen and oxygen atoms in total. The van der Waals surface area contributed by atoms with Crippen LogP contribution in [0.3, 0.4) is 0 Å². The Kier molecular flexibility index (Phi) is 5.39. The number of carboxylic acids is 1. The van der Waals surface area contributed by atoms with E-state index in [4.69, 9.17) is 4.74 Å². The van der Waals surface area contributed by atoms with Gasteiger partial charge in [0.25, 0.3) is 0 Å². The van der Waals surface area contributed by atoms with Gasteiger partial charge in [-0.15, -0.1) is 0 Å².